The van der Waals surface area contributed by atoms with E-state index in [-0.39, 0.29) is 0 Å². The van der Waals surface area contributed by atoms with Gasteiger partial charge in [0.15, 0.2) is 0 Å². The molecule has 0 saturated heterocycles. The molecule has 0 radical (unpaired) electrons. The van der Waals surface area contributed by atoms with Crippen molar-refractivity contribution in [3.63, 3.8) is 0 Å². The largest absolute Gasteiger partial charge is 0.106 e. The van der Waals surface area contributed by atoms with E-state index >= 15 is 0 Å². The Morgan fingerprint density at radius 1 is 1.23 bits per heavy atom. The second kappa shape index (κ2) is 7.60. The molecule has 1 fully saturated rings. The summed E-state index contributed by atoms with van der Waals surface area (Å²) in [5.74, 6) is 0. The summed E-state index contributed by atoms with van der Waals surface area (Å²) >= 11 is 0. The van der Waals surface area contributed by atoms with Crippen LogP contribution in [0.2, 0.25) is 0 Å². The van der Waals surface area contributed by atoms with E-state index in [4.69, 9.17) is 0 Å². The van der Waals surface area contributed by atoms with E-state index in [2.05, 4.69) is 38.8 Å². The third kappa shape index (κ3) is 4.51. The molecule has 0 atom stereocenters. The maximum absolute atomic E-state index is 3.76. The zero-order chi connectivity index (χ0) is 10.1. The van der Waals surface area contributed by atoms with E-state index in [0.29, 0.717) is 0 Å². The molecule has 0 bridgehead atoms. The Morgan fingerprint density at radius 3 is 2.15 bits per heavy atom. The van der Waals surface area contributed by atoms with E-state index in [1.807, 2.05) is 6.08 Å². The average Bonchev–Trinajstić information content (AvgIpc) is 2.70. The summed E-state index contributed by atoms with van der Waals surface area (Å²) in [6.45, 7) is 11.8. The van der Waals surface area contributed by atoms with Gasteiger partial charge in [-0.25, -0.2) is 0 Å². The molecule has 0 amide bonds. The average molecular weight is 176 g/mol. The fourth-order valence-corrected chi connectivity index (χ4v) is 1.47. The zero-order valence-corrected chi connectivity index (χ0v) is 8.68. The van der Waals surface area contributed by atoms with Gasteiger partial charge >= 0.3 is 0 Å². The normalized spacial score (nSPS) is 16.1. The molecule has 1 aliphatic carbocycles. The first kappa shape index (κ1) is 12.0. The molecule has 13 heavy (non-hydrogen) atoms. The lowest BCUT2D eigenvalue weighted by molar-refractivity contribution is 0.886. The van der Waals surface area contributed by atoms with E-state index in [0.717, 1.165) is 0 Å². The molecule has 0 heteroatoms. The summed E-state index contributed by atoms with van der Waals surface area (Å²) in [5.41, 5.74) is 2.86. The minimum atomic E-state index is 1.27. The van der Waals surface area contributed by atoms with Crippen molar-refractivity contribution in [2.45, 2.75) is 32.6 Å². The van der Waals surface area contributed by atoms with Crippen molar-refractivity contribution in [2.75, 3.05) is 0 Å². The Balaban J connectivity index is 0.000000671. The lowest BCUT2D eigenvalue weighted by atomic mass is 10.1. The maximum atomic E-state index is 3.76. The monoisotopic (exact) mass is 176 g/mol. The van der Waals surface area contributed by atoms with Gasteiger partial charge in [0.1, 0.15) is 0 Å². The van der Waals surface area contributed by atoms with Crippen LogP contribution in [0.15, 0.2) is 49.1 Å². The van der Waals surface area contributed by atoms with E-state index in [1.165, 1.54) is 31.3 Å². The summed E-state index contributed by atoms with van der Waals surface area (Å²) < 4.78 is 0. The molecule has 1 saturated carbocycles. The quantitative estimate of drug-likeness (QED) is 0.431. The van der Waals surface area contributed by atoms with Crippen LogP contribution < -0.4 is 0 Å². The summed E-state index contributed by atoms with van der Waals surface area (Å²) in [4.78, 5) is 0. The van der Waals surface area contributed by atoms with Gasteiger partial charge in [0.05, 0.1) is 0 Å². The maximum Gasteiger partial charge on any atom is -0.0306 e. The lowest BCUT2D eigenvalue weighted by Crippen LogP contribution is -1.75. The minimum absolute atomic E-state index is 1.27. The minimum Gasteiger partial charge on any atom is -0.106 e. The molecule has 0 N–H and O–H groups in total. The van der Waals surface area contributed by atoms with Gasteiger partial charge in [-0.3, -0.25) is 0 Å². The Kier molecular flexibility index (Phi) is 6.99. The van der Waals surface area contributed by atoms with E-state index in [1.54, 1.807) is 5.57 Å². The fraction of sp³-hybridized carbons (Fsp3) is 0.385. The van der Waals surface area contributed by atoms with Gasteiger partial charge < -0.3 is 0 Å². The summed E-state index contributed by atoms with van der Waals surface area (Å²) in [7, 11) is 0. The molecule has 0 aromatic carbocycles. The standard InChI is InChI=1S/C11H16.C2H4/c1-3-10(4-2)9-11-7-5-6-8-11;1-2/h3-4,9H,1,5-8H2,2H3;1-2H2/b10-4+;. The van der Waals surface area contributed by atoms with Gasteiger partial charge in [-0.15, -0.1) is 13.2 Å². The number of allylic oxidation sites excluding steroid dienone is 5. The summed E-state index contributed by atoms with van der Waals surface area (Å²) in [5, 5.41) is 0. The van der Waals surface area contributed by atoms with Crippen LogP contribution in [0.1, 0.15) is 32.6 Å². The van der Waals surface area contributed by atoms with Crippen molar-refractivity contribution in [3.05, 3.63) is 49.1 Å². The van der Waals surface area contributed by atoms with Crippen LogP contribution in [0.3, 0.4) is 0 Å². The molecule has 0 nitrogen and oxygen atoms in total. The fourth-order valence-electron chi connectivity index (χ4n) is 1.47. The summed E-state index contributed by atoms with van der Waals surface area (Å²) in [6.07, 6.45) is 11.7. The highest BCUT2D eigenvalue weighted by molar-refractivity contribution is 5.32. The first-order chi connectivity index (χ1) is 6.36. The van der Waals surface area contributed by atoms with Gasteiger partial charge in [-0.2, -0.15) is 0 Å². The molecule has 0 heterocycles. The van der Waals surface area contributed by atoms with Gasteiger partial charge in [0, 0.05) is 0 Å². The predicted molar refractivity (Wildman–Crippen MR) is 61.8 cm³/mol. The van der Waals surface area contributed by atoms with Crippen molar-refractivity contribution in [3.8, 4) is 0 Å². The van der Waals surface area contributed by atoms with Crippen LogP contribution in [0.4, 0.5) is 0 Å². The van der Waals surface area contributed by atoms with Crippen LogP contribution in [0.5, 0.6) is 0 Å². The number of hydrogen-bond acceptors (Lipinski definition) is 0. The van der Waals surface area contributed by atoms with E-state index < -0.39 is 0 Å². The highest BCUT2D eigenvalue weighted by Crippen LogP contribution is 2.24. The topological polar surface area (TPSA) is 0 Å². The third-order valence-electron chi connectivity index (χ3n) is 2.19. The van der Waals surface area contributed by atoms with Crippen LogP contribution >= 0.6 is 0 Å². The Morgan fingerprint density at radius 2 is 1.77 bits per heavy atom. The second-order valence-electron chi connectivity index (χ2n) is 3.00. The SMILES string of the molecule is C=C.C=C/C(C=C1CCCC1)=C\C. The van der Waals surface area contributed by atoms with Crippen molar-refractivity contribution in [2.24, 2.45) is 0 Å². The van der Waals surface area contributed by atoms with Gasteiger partial charge in [-0.05, 0) is 38.2 Å². The van der Waals surface area contributed by atoms with Gasteiger partial charge in [0.25, 0.3) is 0 Å². The molecular formula is C13H20. The molecule has 0 aromatic rings. The molecule has 1 rings (SSSR count). The Labute approximate surface area is 82.4 Å². The molecule has 0 aromatic heterocycles. The summed E-state index contributed by atoms with van der Waals surface area (Å²) in [6, 6.07) is 0. The molecule has 0 aliphatic heterocycles. The number of hydrogen-bond donors (Lipinski definition) is 0. The van der Waals surface area contributed by atoms with Gasteiger partial charge in [0.2, 0.25) is 0 Å². The van der Waals surface area contributed by atoms with Crippen molar-refractivity contribution in [1.82, 2.24) is 0 Å². The van der Waals surface area contributed by atoms with Crippen LogP contribution in [-0.4, -0.2) is 0 Å². The zero-order valence-electron chi connectivity index (χ0n) is 8.68. The smallest absolute Gasteiger partial charge is 0.0306 e. The molecule has 0 unspecified atom stereocenters. The van der Waals surface area contributed by atoms with Crippen LogP contribution in [-0.2, 0) is 0 Å². The first-order valence-corrected chi connectivity index (χ1v) is 4.85. The second-order valence-corrected chi connectivity index (χ2v) is 3.00. The Hall–Kier alpha value is -1.04. The molecular weight excluding hydrogens is 156 g/mol. The number of rotatable bonds is 2. The van der Waals surface area contributed by atoms with Crippen molar-refractivity contribution in [1.29, 1.82) is 0 Å². The molecule has 1 aliphatic rings. The Bertz CT molecular complexity index is 198. The van der Waals surface area contributed by atoms with Gasteiger partial charge in [-0.1, -0.05) is 30.4 Å². The van der Waals surface area contributed by atoms with E-state index in [9.17, 15) is 0 Å². The lowest BCUT2D eigenvalue weighted by Gasteiger charge is -1.95. The van der Waals surface area contributed by atoms with Crippen molar-refractivity contribution < 1.29 is 0 Å². The molecule has 72 valence electrons. The molecule has 0 spiro atoms. The third-order valence-corrected chi connectivity index (χ3v) is 2.19. The van der Waals surface area contributed by atoms with Crippen molar-refractivity contribution >= 4 is 0 Å². The van der Waals surface area contributed by atoms with Crippen LogP contribution in [0.25, 0.3) is 0 Å². The highest BCUT2D eigenvalue weighted by atomic mass is 14.1. The van der Waals surface area contributed by atoms with Crippen LogP contribution in [0, 0.1) is 0 Å². The predicted octanol–water partition coefficient (Wildman–Crippen LogP) is 4.42. The first-order valence-electron chi connectivity index (χ1n) is 4.85. The highest BCUT2D eigenvalue weighted by Gasteiger charge is 2.05.